The van der Waals surface area contributed by atoms with E-state index in [1.54, 1.807) is 0 Å². The molecule has 1 aliphatic carbocycles. The lowest BCUT2D eigenvalue weighted by molar-refractivity contribution is -0.150. The number of carbonyl (C=O) groups excluding carboxylic acids is 2. The van der Waals surface area contributed by atoms with Gasteiger partial charge in [0.1, 0.15) is 5.75 Å². The zero-order valence-electron chi connectivity index (χ0n) is 14.7. The van der Waals surface area contributed by atoms with Crippen LogP contribution in [0.15, 0.2) is 24.3 Å². The Morgan fingerprint density at radius 3 is 2.76 bits per heavy atom. The number of hydrogen-bond donors (Lipinski definition) is 2. The fourth-order valence-corrected chi connectivity index (χ4v) is 3.26. The number of likely N-dealkylation sites (tertiary alicyclic amines) is 1. The maximum absolute atomic E-state index is 12.5. The molecule has 2 N–H and O–H groups in total. The second kappa shape index (κ2) is 7.44. The van der Waals surface area contributed by atoms with Crippen molar-refractivity contribution in [2.75, 3.05) is 13.1 Å². The summed E-state index contributed by atoms with van der Waals surface area (Å²) >= 11 is 0. The monoisotopic (exact) mass is 346 g/mol. The molecule has 6 heteroatoms. The third-order valence-corrected chi connectivity index (χ3v) is 5.10. The first-order chi connectivity index (χ1) is 12.0. The van der Waals surface area contributed by atoms with Crippen LogP contribution in [0.1, 0.15) is 44.6 Å². The summed E-state index contributed by atoms with van der Waals surface area (Å²) in [6.45, 7) is 2.39. The quantitative estimate of drug-likeness (QED) is 0.849. The fraction of sp³-hybridized carbons (Fsp3) is 0.579. The molecule has 1 atom stereocenters. The van der Waals surface area contributed by atoms with E-state index in [-0.39, 0.29) is 18.6 Å². The molecule has 1 aromatic rings. The number of hydrogen-bond acceptors (Lipinski definition) is 4. The summed E-state index contributed by atoms with van der Waals surface area (Å²) in [5.74, 6) is 0.232. The second-order valence-electron chi connectivity index (χ2n) is 7.04. The van der Waals surface area contributed by atoms with E-state index in [0.29, 0.717) is 25.9 Å². The van der Waals surface area contributed by atoms with Crippen LogP contribution in [-0.2, 0) is 16.1 Å². The average Bonchev–Trinajstić information content (AvgIpc) is 2.56. The molecule has 6 nitrogen and oxygen atoms in total. The highest BCUT2D eigenvalue weighted by Crippen LogP contribution is 2.28. The highest BCUT2D eigenvalue weighted by atomic mass is 16.5. The lowest BCUT2D eigenvalue weighted by Gasteiger charge is -2.37. The number of ether oxygens (including phenoxy) is 1. The molecule has 1 saturated carbocycles. The molecule has 0 unspecified atom stereocenters. The summed E-state index contributed by atoms with van der Waals surface area (Å²) in [7, 11) is 0. The van der Waals surface area contributed by atoms with Gasteiger partial charge in [-0.25, -0.2) is 0 Å². The van der Waals surface area contributed by atoms with Gasteiger partial charge in [-0.2, -0.15) is 0 Å². The maximum atomic E-state index is 12.5. The van der Waals surface area contributed by atoms with Crippen LogP contribution in [0.3, 0.4) is 0 Å². The number of amides is 2. The Balaban J connectivity index is 1.61. The fourth-order valence-electron chi connectivity index (χ4n) is 3.26. The molecule has 25 heavy (non-hydrogen) atoms. The summed E-state index contributed by atoms with van der Waals surface area (Å²) in [4.78, 5) is 25.6. The van der Waals surface area contributed by atoms with Crippen molar-refractivity contribution in [2.24, 2.45) is 0 Å². The van der Waals surface area contributed by atoms with Gasteiger partial charge in [-0.1, -0.05) is 18.2 Å². The van der Waals surface area contributed by atoms with Crippen molar-refractivity contribution in [1.82, 2.24) is 10.2 Å². The summed E-state index contributed by atoms with van der Waals surface area (Å²) in [6, 6.07) is 7.65. The molecule has 1 heterocycles. The van der Waals surface area contributed by atoms with Crippen molar-refractivity contribution in [1.29, 1.82) is 0 Å². The minimum atomic E-state index is -1.52. The number of rotatable bonds is 5. The van der Waals surface area contributed by atoms with Crippen molar-refractivity contribution < 1.29 is 19.4 Å². The van der Waals surface area contributed by atoms with Gasteiger partial charge in [0, 0.05) is 25.6 Å². The Morgan fingerprint density at radius 1 is 1.32 bits per heavy atom. The molecule has 1 aromatic carbocycles. The van der Waals surface area contributed by atoms with Crippen LogP contribution < -0.4 is 10.1 Å². The van der Waals surface area contributed by atoms with E-state index in [1.165, 1.54) is 18.2 Å². The van der Waals surface area contributed by atoms with Gasteiger partial charge in [0.25, 0.3) is 5.91 Å². The zero-order chi connectivity index (χ0) is 17.9. The van der Waals surface area contributed by atoms with Gasteiger partial charge in [0.2, 0.25) is 5.91 Å². The van der Waals surface area contributed by atoms with Crippen molar-refractivity contribution in [2.45, 2.75) is 57.3 Å². The Bertz CT molecular complexity index is 644. The van der Waals surface area contributed by atoms with E-state index < -0.39 is 11.5 Å². The first kappa shape index (κ1) is 17.7. The molecule has 1 aliphatic heterocycles. The molecule has 2 fully saturated rings. The van der Waals surface area contributed by atoms with Crippen LogP contribution in [0.4, 0.5) is 0 Å². The lowest BCUT2D eigenvalue weighted by Crippen LogP contribution is -2.57. The highest BCUT2D eigenvalue weighted by Gasteiger charge is 2.40. The molecular weight excluding hydrogens is 320 g/mol. The summed E-state index contributed by atoms with van der Waals surface area (Å²) in [5.41, 5.74) is -0.626. The van der Waals surface area contributed by atoms with Crippen molar-refractivity contribution in [3.63, 3.8) is 0 Å². The number of benzene rings is 1. The van der Waals surface area contributed by atoms with Gasteiger partial charge in [0.05, 0.1) is 12.6 Å². The summed E-state index contributed by atoms with van der Waals surface area (Å²) in [5, 5.41) is 13.5. The second-order valence-corrected chi connectivity index (χ2v) is 7.04. The number of β-amino-alcohol motifs (C(OH)–C–C–N with tert-alkyl or cyclic N) is 1. The number of carbonyl (C=O) groups is 2. The van der Waals surface area contributed by atoms with E-state index in [1.807, 2.05) is 24.3 Å². The van der Waals surface area contributed by atoms with Crippen molar-refractivity contribution in [3.8, 4) is 5.75 Å². The Morgan fingerprint density at radius 2 is 2.08 bits per heavy atom. The van der Waals surface area contributed by atoms with Crippen LogP contribution in [-0.4, -0.2) is 46.6 Å². The van der Waals surface area contributed by atoms with E-state index in [0.717, 1.165) is 24.2 Å². The largest absolute Gasteiger partial charge is 0.490 e. The number of para-hydroxylation sites is 1. The Labute approximate surface area is 148 Å². The zero-order valence-corrected chi connectivity index (χ0v) is 14.7. The molecule has 0 radical (unpaired) electrons. The predicted octanol–water partition coefficient (Wildman–Crippen LogP) is 1.61. The van der Waals surface area contributed by atoms with E-state index in [9.17, 15) is 14.7 Å². The van der Waals surface area contributed by atoms with Crippen LogP contribution in [0.5, 0.6) is 5.75 Å². The molecule has 1 saturated heterocycles. The number of nitrogens with one attached hydrogen (secondary N) is 1. The molecule has 3 rings (SSSR count). The van der Waals surface area contributed by atoms with E-state index in [2.05, 4.69) is 5.32 Å². The highest BCUT2D eigenvalue weighted by molar-refractivity contribution is 5.86. The molecule has 2 amide bonds. The summed E-state index contributed by atoms with van der Waals surface area (Å²) < 4.78 is 5.97. The lowest BCUT2D eigenvalue weighted by atomic mass is 9.91. The van der Waals surface area contributed by atoms with Crippen molar-refractivity contribution in [3.05, 3.63) is 29.8 Å². The smallest absolute Gasteiger partial charge is 0.254 e. The molecule has 2 aliphatic rings. The Hall–Kier alpha value is -2.08. The molecule has 0 spiro atoms. The standard InChI is InChI=1S/C19H26N2O4/c1-14(22)21-11-5-10-19(24,13-21)18(23)20-12-15-6-2-3-9-17(15)25-16-7-4-8-16/h2-3,6,9,16,24H,4-5,7-8,10-13H2,1H3,(H,20,23)/t19-/m1/s1. The predicted molar refractivity (Wildman–Crippen MR) is 93.0 cm³/mol. The third kappa shape index (κ3) is 4.12. The normalized spacial score (nSPS) is 23.7. The molecule has 0 aromatic heterocycles. The molecule has 136 valence electrons. The number of aliphatic hydroxyl groups is 1. The molecule has 0 bridgehead atoms. The Kier molecular flexibility index (Phi) is 5.27. The van der Waals surface area contributed by atoms with E-state index in [4.69, 9.17) is 4.74 Å². The van der Waals surface area contributed by atoms with Gasteiger partial charge in [-0.15, -0.1) is 0 Å². The SMILES string of the molecule is CC(=O)N1CCC[C@](O)(C(=O)NCc2ccccc2OC2CCC2)C1. The van der Waals surface area contributed by atoms with E-state index >= 15 is 0 Å². The maximum Gasteiger partial charge on any atom is 0.254 e. The summed E-state index contributed by atoms with van der Waals surface area (Å²) in [6.07, 6.45) is 4.59. The van der Waals surface area contributed by atoms with Gasteiger partial charge in [0.15, 0.2) is 5.60 Å². The number of nitrogens with zero attached hydrogens (tertiary/aromatic N) is 1. The molecular formula is C19H26N2O4. The van der Waals surface area contributed by atoms with Crippen molar-refractivity contribution >= 4 is 11.8 Å². The first-order valence-corrected chi connectivity index (χ1v) is 8.99. The van der Waals surface area contributed by atoms with Crippen LogP contribution in [0.25, 0.3) is 0 Å². The van der Waals surface area contributed by atoms with Crippen LogP contribution in [0, 0.1) is 0 Å². The van der Waals surface area contributed by atoms with Gasteiger partial charge in [-0.3, -0.25) is 9.59 Å². The minimum Gasteiger partial charge on any atom is -0.490 e. The third-order valence-electron chi connectivity index (χ3n) is 5.10. The minimum absolute atomic E-state index is 0.0500. The number of piperidine rings is 1. The van der Waals surface area contributed by atoms with Gasteiger partial charge in [-0.05, 0) is 38.2 Å². The average molecular weight is 346 g/mol. The van der Waals surface area contributed by atoms with Gasteiger partial charge < -0.3 is 20.1 Å². The first-order valence-electron chi connectivity index (χ1n) is 8.99. The van der Waals surface area contributed by atoms with Crippen LogP contribution >= 0.6 is 0 Å². The van der Waals surface area contributed by atoms with Crippen LogP contribution in [0.2, 0.25) is 0 Å². The van der Waals surface area contributed by atoms with Gasteiger partial charge >= 0.3 is 0 Å². The topological polar surface area (TPSA) is 78.9 Å².